The lowest BCUT2D eigenvalue weighted by Crippen LogP contribution is -2.26. The van der Waals surface area contributed by atoms with Gasteiger partial charge in [0.2, 0.25) is 0 Å². The summed E-state index contributed by atoms with van der Waals surface area (Å²) in [6.07, 6.45) is 1.49. The average molecular weight is 571 g/mol. The molecule has 0 spiro atoms. The minimum atomic E-state index is -0.732. The van der Waals surface area contributed by atoms with Crippen molar-refractivity contribution in [3.05, 3.63) is 87.4 Å². The van der Waals surface area contributed by atoms with Crippen LogP contribution in [-0.2, 0) is 17.7 Å². The van der Waals surface area contributed by atoms with Gasteiger partial charge in [-0.2, -0.15) is 0 Å². The van der Waals surface area contributed by atoms with Crippen molar-refractivity contribution in [1.29, 1.82) is 0 Å². The Labute approximate surface area is 241 Å². The van der Waals surface area contributed by atoms with E-state index in [4.69, 9.17) is 15.2 Å². The number of pyridine rings is 1. The molecule has 0 fully saturated rings. The van der Waals surface area contributed by atoms with Crippen LogP contribution in [0.25, 0.3) is 22.3 Å². The van der Waals surface area contributed by atoms with E-state index in [0.717, 1.165) is 29.5 Å². The lowest BCUT2D eigenvalue weighted by Gasteiger charge is -2.17. The van der Waals surface area contributed by atoms with E-state index in [1.165, 1.54) is 18.1 Å². The monoisotopic (exact) mass is 570 g/mol. The summed E-state index contributed by atoms with van der Waals surface area (Å²) in [5, 5.41) is 7.75. The number of carbonyl (C=O) groups is 3. The molecule has 10 heteroatoms. The Bertz CT molecular complexity index is 1610. The highest BCUT2D eigenvalue weighted by molar-refractivity contribution is 7.10. The number of anilines is 1. The molecule has 2 amide bonds. The van der Waals surface area contributed by atoms with Gasteiger partial charge in [-0.15, -0.1) is 11.3 Å². The largest absolute Gasteiger partial charge is 0.493 e. The molecule has 0 aliphatic carbocycles. The van der Waals surface area contributed by atoms with E-state index >= 15 is 0 Å². The molecule has 0 radical (unpaired) electrons. The van der Waals surface area contributed by atoms with Crippen LogP contribution in [0.4, 0.5) is 5.69 Å². The number of fused-ring (bicyclic) bond motifs is 3. The number of hydrogen-bond acceptors (Lipinski definition) is 8. The van der Waals surface area contributed by atoms with E-state index in [2.05, 4.69) is 15.6 Å². The Hall–Kier alpha value is -4.54. The van der Waals surface area contributed by atoms with Crippen LogP contribution in [0, 0.1) is 0 Å². The highest BCUT2D eigenvalue weighted by atomic mass is 32.1. The third-order valence-electron chi connectivity index (χ3n) is 6.77. The zero-order valence-corrected chi connectivity index (χ0v) is 23.6. The van der Waals surface area contributed by atoms with Crippen molar-refractivity contribution in [2.24, 2.45) is 5.73 Å². The second-order valence-electron chi connectivity index (χ2n) is 9.45. The van der Waals surface area contributed by atoms with Crippen LogP contribution in [0.2, 0.25) is 0 Å². The van der Waals surface area contributed by atoms with Gasteiger partial charge in [0.1, 0.15) is 11.4 Å². The molecule has 4 aromatic rings. The Morgan fingerprint density at radius 1 is 1.00 bits per heavy atom. The predicted octanol–water partition coefficient (Wildman–Crippen LogP) is 5.05. The van der Waals surface area contributed by atoms with Crippen molar-refractivity contribution >= 4 is 34.8 Å². The number of rotatable bonds is 8. The maximum Gasteiger partial charge on any atom is 0.357 e. The van der Waals surface area contributed by atoms with E-state index in [9.17, 15) is 14.4 Å². The molecule has 41 heavy (non-hydrogen) atoms. The predicted molar refractivity (Wildman–Crippen MR) is 158 cm³/mol. The van der Waals surface area contributed by atoms with Gasteiger partial charge in [0.05, 0.1) is 13.7 Å². The van der Waals surface area contributed by atoms with Crippen molar-refractivity contribution in [2.75, 3.05) is 25.6 Å². The molecule has 9 nitrogen and oxygen atoms in total. The summed E-state index contributed by atoms with van der Waals surface area (Å²) in [6, 6.07) is 16.0. The minimum absolute atomic E-state index is 0.0718. The molecule has 0 saturated heterocycles. The molecular formula is C31H30N4O5S. The molecule has 3 heterocycles. The first-order chi connectivity index (χ1) is 19.9. The molecule has 0 unspecified atom stereocenters. The number of nitrogens with two attached hydrogens (primary N) is 1. The van der Waals surface area contributed by atoms with Gasteiger partial charge in [-0.1, -0.05) is 19.1 Å². The van der Waals surface area contributed by atoms with Gasteiger partial charge in [-0.05, 0) is 65.4 Å². The zero-order valence-electron chi connectivity index (χ0n) is 22.8. The molecule has 5 rings (SSSR count). The number of thiophene rings is 1. The van der Waals surface area contributed by atoms with Gasteiger partial charge in [-0.3, -0.25) is 9.59 Å². The zero-order chi connectivity index (χ0) is 28.9. The number of ether oxygens (including phenoxy) is 2. The third-order valence-corrected chi connectivity index (χ3v) is 7.75. The topological polar surface area (TPSA) is 133 Å². The summed E-state index contributed by atoms with van der Waals surface area (Å²) in [7, 11) is 1.24. The van der Waals surface area contributed by atoms with Crippen molar-refractivity contribution < 1.29 is 23.9 Å². The number of amides is 2. The summed E-state index contributed by atoms with van der Waals surface area (Å²) >= 11 is 1.64. The van der Waals surface area contributed by atoms with Gasteiger partial charge >= 0.3 is 5.97 Å². The number of esters is 1. The quantitative estimate of drug-likeness (QED) is 0.253. The lowest BCUT2D eigenvalue weighted by molar-refractivity contribution is 0.0594. The highest BCUT2D eigenvalue weighted by Gasteiger charge is 2.27. The standard InChI is InChI=1S/C31H30N4O5S/c1-3-12-33-30(37)25-9-8-21(28(35-25)31(38)39-2)22-16-26-23(20-11-14-41-27(20)10-13-40-26)15-24(22)29(36)34-19-6-4-18(17-32)5-7-19/h4-9,11,14-16H,3,10,12-13,17,32H2,1-2H3,(H,33,37)(H,34,36). The van der Waals surface area contributed by atoms with E-state index in [1.807, 2.05) is 30.5 Å². The molecule has 0 saturated carbocycles. The Kier molecular flexibility index (Phi) is 8.42. The SMILES string of the molecule is CCCNC(=O)c1ccc(-c2cc3c(cc2C(=O)Nc2ccc(CN)cc2)-c2ccsc2CCO3)c(C(=O)OC)n1. The van der Waals surface area contributed by atoms with Gasteiger partial charge in [0.25, 0.3) is 11.8 Å². The molecule has 210 valence electrons. The fourth-order valence-electron chi connectivity index (χ4n) is 4.66. The van der Waals surface area contributed by atoms with Gasteiger partial charge in [0.15, 0.2) is 5.69 Å². The fraction of sp³-hybridized carbons (Fsp3) is 0.226. The van der Waals surface area contributed by atoms with Crippen LogP contribution in [0.15, 0.2) is 60.0 Å². The maximum absolute atomic E-state index is 13.9. The summed E-state index contributed by atoms with van der Waals surface area (Å²) in [5.74, 6) is -0.936. The molecule has 2 aromatic heterocycles. The Balaban J connectivity index is 1.66. The number of nitrogens with zero attached hydrogens (tertiary/aromatic N) is 1. The Morgan fingerprint density at radius 2 is 1.80 bits per heavy atom. The molecule has 2 aromatic carbocycles. The maximum atomic E-state index is 13.9. The van der Waals surface area contributed by atoms with Crippen molar-refractivity contribution in [2.45, 2.75) is 26.3 Å². The van der Waals surface area contributed by atoms with Crippen LogP contribution in [0.5, 0.6) is 5.75 Å². The number of methoxy groups -OCH3 is 1. The van der Waals surface area contributed by atoms with Gasteiger partial charge in [-0.25, -0.2) is 9.78 Å². The van der Waals surface area contributed by atoms with Crippen molar-refractivity contribution in [3.8, 4) is 28.0 Å². The fourth-order valence-corrected chi connectivity index (χ4v) is 5.53. The molecule has 1 aliphatic rings. The summed E-state index contributed by atoms with van der Waals surface area (Å²) in [4.78, 5) is 45.0. The van der Waals surface area contributed by atoms with Gasteiger partial charge in [0, 0.05) is 52.3 Å². The van der Waals surface area contributed by atoms with Crippen LogP contribution < -0.4 is 21.1 Å². The smallest absolute Gasteiger partial charge is 0.357 e. The van der Waals surface area contributed by atoms with E-state index in [0.29, 0.717) is 47.8 Å². The number of nitrogens with one attached hydrogen (secondary N) is 2. The first-order valence-corrected chi connectivity index (χ1v) is 14.2. The van der Waals surface area contributed by atoms with Crippen molar-refractivity contribution in [1.82, 2.24) is 10.3 Å². The molecule has 1 aliphatic heterocycles. The van der Waals surface area contributed by atoms with Crippen LogP contribution in [-0.4, -0.2) is 43.0 Å². The normalized spacial score (nSPS) is 11.9. The molecule has 0 atom stereocenters. The van der Waals surface area contributed by atoms with Crippen LogP contribution in [0.1, 0.15) is 55.1 Å². The second-order valence-corrected chi connectivity index (χ2v) is 10.4. The lowest BCUT2D eigenvalue weighted by atomic mass is 9.92. The Morgan fingerprint density at radius 3 is 2.54 bits per heavy atom. The minimum Gasteiger partial charge on any atom is -0.493 e. The molecule has 0 bridgehead atoms. The first kappa shape index (κ1) is 28.0. The average Bonchev–Trinajstić information content (AvgIpc) is 3.40. The van der Waals surface area contributed by atoms with Gasteiger partial charge < -0.3 is 25.8 Å². The second kappa shape index (κ2) is 12.3. The van der Waals surface area contributed by atoms with E-state index in [-0.39, 0.29) is 17.3 Å². The summed E-state index contributed by atoms with van der Waals surface area (Å²) in [6.45, 7) is 3.27. The van der Waals surface area contributed by atoms with Crippen LogP contribution in [0.3, 0.4) is 0 Å². The number of aromatic nitrogens is 1. The first-order valence-electron chi connectivity index (χ1n) is 13.3. The number of hydrogen-bond donors (Lipinski definition) is 3. The summed E-state index contributed by atoms with van der Waals surface area (Å²) in [5.41, 5.74) is 10.1. The van der Waals surface area contributed by atoms with E-state index in [1.54, 1.807) is 41.7 Å². The van der Waals surface area contributed by atoms with Crippen LogP contribution >= 0.6 is 11.3 Å². The van der Waals surface area contributed by atoms with E-state index < -0.39 is 11.9 Å². The molecule has 4 N–H and O–H groups in total. The highest BCUT2D eigenvalue weighted by Crippen LogP contribution is 2.42. The third kappa shape index (κ3) is 5.84. The van der Waals surface area contributed by atoms with Crippen molar-refractivity contribution in [3.63, 3.8) is 0 Å². The number of carbonyl (C=O) groups excluding carboxylic acids is 3. The summed E-state index contributed by atoms with van der Waals surface area (Å²) < 4.78 is 11.2. The number of benzene rings is 2. The molecular weight excluding hydrogens is 540 g/mol.